The van der Waals surface area contributed by atoms with Crippen LogP contribution in [0.4, 0.5) is 10.1 Å². The minimum Gasteiger partial charge on any atom is -0.359 e. The summed E-state index contributed by atoms with van der Waals surface area (Å²) in [7, 11) is 0. The van der Waals surface area contributed by atoms with E-state index in [1.165, 1.54) is 18.2 Å². The number of para-hydroxylation sites is 1. The van der Waals surface area contributed by atoms with Gasteiger partial charge in [0, 0.05) is 5.69 Å². The van der Waals surface area contributed by atoms with Gasteiger partial charge in [-0.1, -0.05) is 29.8 Å². The Morgan fingerprint density at radius 2 is 1.95 bits per heavy atom. The maximum absolute atomic E-state index is 13.9. The second-order valence-corrected chi connectivity index (χ2v) is 4.78. The van der Waals surface area contributed by atoms with Gasteiger partial charge >= 0.3 is 0 Å². The van der Waals surface area contributed by atoms with Crippen molar-refractivity contribution in [2.45, 2.75) is 6.17 Å². The molecular formula is C14H10ClFN2O2. The summed E-state index contributed by atoms with van der Waals surface area (Å²) in [5.74, 6) is -1.20. The van der Waals surface area contributed by atoms with Crippen molar-refractivity contribution in [3.63, 3.8) is 0 Å². The van der Waals surface area contributed by atoms with Gasteiger partial charge in [0.2, 0.25) is 0 Å². The normalized spacial score (nSPS) is 17.6. The Bertz CT molecular complexity index is 672. The molecule has 2 N–H and O–H groups in total. The second-order valence-electron chi connectivity index (χ2n) is 4.38. The molecule has 1 amide bonds. The molecule has 102 valence electrons. The summed E-state index contributed by atoms with van der Waals surface area (Å²) in [6.07, 6.45) is -1.06. The summed E-state index contributed by atoms with van der Waals surface area (Å²) in [6, 6.07) is 10.9. The van der Waals surface area contributed by atoms with Crippen LogP contribution in [0.2, 0.25) is 5.02 Å². The number of halogens is 2. The summed E-state index contributed by atoms with van der Waals surface area (Å²) in [4.78, 5) is 12.1. The lowest BCUT2D eigenvalue weighted by molar-refractivity contribution is -0.0857. The Balaban J connectivity index is 2.11. The lowest BCUT2D eigenvalue weighted by Gasteiger charge is -2.33. The van der Waals surface area contributed by atoms with Gasteiger partial charge in [-0.05, 0) is 24.3 Å². The third-order valence-electron chi connectivity index (χ3n) is 3.18. The van der Waals surface area contributed by atoms with E-state index in [0.717, 1.165) is 0 Å². The fourth-order valence-electron chi connectivity index (χ4n) is 2.21. The number of benzene rings is 2. The first-order valence-electron chi connectivity index (χ1n) is 5.91. The maximum Gasteiger partial charge on any atom is 0.281 e. The predicted octanol–water partition coefficient (Wildman–Crippen LogP) is 3.43. The second kappa shape index (κ2) is 4.77. The average Bonchev–Trinajstić information content (AvgIpc) is 2.44. The minimum atomic E-state index is -1.06. The summed E-state index contributed by atoms with van der Waals surface area (Å²) < 4.78 is 13.9. The van der Waals surface area contributed by atoms with Crippen molar-refractivity contribution >= 4 is 23.2 Å². The zero-order chi connectivity index (χ0) is 14.3. The molecule has 4 nitrogen and oxygen atoms in total. The molecule has 0 bridgehead atoms. The zero-order valence-corrected chi connectivity index (χ0v) is 10.9. The van der Waals surface area contributed by atoms with E-state index in [4.69, 9.17) is 11.6 Å². The van der Waals surface area contributed by atoms with Gasteiger partial charge < -0.3 is 5.32 Å². The molecule has 1 heterocycles. The first-order chi connectivity index (χ1) is 9.59. The number of anilines is 1. The number of carbonyl (C=O) groups is 1. The van der Waals surface area contributed by atoms with Gasteiger partial charge in [0.1, 0.15) is 5.82 Å². The Hall–Kier alpha value is -2.11. The zero-order valence-electron chi connectivity index (χ0n) is 10.2. The van der Waals surface area contributed by atoms with Crippen LogP contribution in [0.15, 0.2) is 42.5 Å². The fraction of sp³-hybridized carbons (Fsp3) is 0.0714. The molecule has 3 rings (SSSR count). The van der Waals surface area contributed by atoms with Crippen LogP contribution in [0.1, 0.15) is 22.1 Å². The van der Waals surface area contributed by atoms with Crippen LogP contribution in [-0.4, -0.2) is 16.2 Å². The van der Waals surface area contributed by atoms with Crippen molar-refractivity contribution < 1.29 is 14.4 Å². The van der Waals surface area contributed by atoms with Crippen molar-refractivity contribution in [1.29, 1.82) is 0 Å². The quantitative estimate of drug-likeness (QED) is 0.792. The highest BCUT2D eigenvalue weighted by atomic mass is 35.5. The molecular weight excluding hydrogens is 283 g/mol. The Labute approximate surface area is 119 Å². The van der Waals surface area contributed by atoms with Gasteiger partial charge in [-0.15, -0.1) is 0 Å². The number of amides is 1. The Morgan fingerprint density at radius 1 is 1.20 bits per heavy atom. The van der Waals surface area contributed by atoms with Gasteiger partial charge in [-0.2, -0.15) is 5.06 Å². The highest BCUT2D eigenvalue weighted by molar-refractivity contribution is 6.31. The van der Waals surface area contributed by atoms with Crippen molar-refractivity contribution in [2.75, 3.05) is 5.32 Å². The van der Waals surface area contributed by atoms with Crippen LogP contribution in [0.25, 0.3) is 0 Å². The SMILES string of the molecule is O=C1c2ccccc2N[C@@H](c2c(F)cccc2Cl)N1O. The monoisotopic (exact) mass is 292 g/mol. The maximum atomic E-state index is 13.9. The molecule has 1 atom stereocenters. The lowest BCUT2D eigenvalue weighted by Crippen LogP contribution is -2.41. The molecule has 0 spiro atoms. The lowest BCUT2D eigenvalue weighted by atomic mass is 10.0. The standard InChI is InChI=1S/C14H10ClFN2O2/c15-9-5-3-6-10(16)12(9)13-17-11-7-2-1-4-8(11)14(19)18(13)20/h1-7,13,17,20H/t13-/m1/s1. The topological polar surface area (TPSA) is 52.6 Å². The first-order valence-corrected chi connectivity index (χ1v) is 6.29. The third kappa shape index (κ3) is 1.92. The highest BCUT2D eigenvalue weighted by Crippen LogP contribution is 2.35. The number of hydrogen-bond donors (Lipinski definition) is 2. The summed E-state index contributed by atoms with van der Waals surface area (Å²) >= 11 is 5.97. The molecule has 0 aliphatic carbocycles. The van der Waals surface area contributed by atoms with Crippen molar-refractivity contribution in [2.24, 2.45) is 0 Å². The van der Waals surface area contributed by atoms with E-state index in [-0.39, 0.29) is 10.6 Å². The number of carbonyl (C=O) groups excluding carboxylic acids is 1. The molecule has 0 saturated heterocycles. The summed E-state index contributed by atoms with van der Waals surface area (Å²) in [5, 5.41) is 13.5. The van der Waals surface area contributed by atoms with Gasteiger partial charge in [-0.25, -0.2) is 4.39 Å². The van der Waals surface area contributed by atoms with Gasteiger partial charge in [0.15, 0.2) is 6.17 Å². The van der Waals surface area contributed by atoms with Crippen LogP contribution in [0.3, 0.4) is 0 Å². The first kappa shape index (κ1) is 12.9. The summed E-state index contributed by atoms with van der Waals surface area (Å²) in [6.45, 7) is 0. The number of nitrogens with zero attached hydrogens (tertiary/aromatic N) is 1. The molecule has 1 aliphatic heterocycles. The van der Waals surface area contributed by atoms with Crippen LogP contribution < -0.4 is 5.32 Å². The molecule has 1 aliphatic rings. The average molecular weight is 293 g/mol. The third-order valence-corrected chi connectivity index (χ3v) is 3.51. The van der Waals surface area contributed by atoms with Gasteiger partial charge in [0.05, 0.1) is 16.1 Å². The van der Waals surface area contributed by atoms with Gasteiger partial charge in [0.25, 0.3) is 5.91 Å². The van der Waals surface area contributed by atoms with E-state index in [0.29, 0.717) is 16.3 Å². The molecule has 0 fully saturated rings. The molecule has 2 aromatic carbocycles. The van der Waals surface area contributed by atoms with Crippen LogP contribution in [-0.2, 0) is 0 Å². The number of nitrogens with one attached hydrogen (secondary N) is 1. The predicted molar refractivity (Wildman–Crippen MR) is 72.2 cm³/mol. The Kier molecular flexibility index (Phi) is 3.08. The minimum absolute atomic E-state index is 0.0273. The molecule has 0 aromatic heterocycles. The highest BCUT2D eigenvalue weighted by Gasteiger charge is 2.34. The Morgan fingerprint density at radius 3 is 2.70 bits per heavy atom. The molecule has 6 heteroatoms. The van der Waals surface area contributed by atoms with Gasteiger partial charge in [-0.3, -0.25) is 10.0 Å². The fourth-order valence-corrected chi connectivity index (χ4v) is 2.48. The number of rotatable bonds is 1. The van der Waals surface area contributed by atoms with Crippen LogP contribution >= 0.6 is 11.6 Å². The molecule has 20 heavy (non-hydrogen) atoms. The van der Waals surface area contributed by atoms with E-state index < -0.39 is 17.9 Å². The molecule has 0 saturated carbocycles. The number of hydroxylamine groups is 2. The van der Waals surface area contributed by atoms with E-state index in [1.54, 1.807) is 24.3 Å². The number of fused-ring (bicyclic) bond motifs is 1. The van der Waals surface area contributed by atoms with E-state index in [1.807, 2.05) is 0 Å². The van der Waals surface area contributed by atoms with Crippen molar-refractivity contribution in [3.05, 3.63) is 64.4 Å². The van der Waals surface area contributed by atoms with Crippen molar-refractivity contribution in [1.82, 2.24) is 5.06 Å². The van der Waals surface area contributed by atoms with Crippen molar-refractivity contribution in [3.8, 4) is 0 Å². The van der Waals surface area contributed by atoms with Crippen LogP contribution in [0.5, 0.6) is 0 Å². The molecule has 0 radical (unpaired) electrons. The largest absolute Gasteiger partial charge is 0.359 e. The van der Waals surface area contributed by atoms with E-state index >= 15 is 0 Å². The van der Waals surface area contributed by atoms with Crippen LogP contribution in [0, 0.1) is 5.82 Å². The van der Waals surface area contributed by atoms with E-state index in [9.17, 15) is 14.4 Å². The summed E-state index contributed by atoms with van der Waals surface area (Å²) in [5.41, 5.74) is 0.866. The number of hydrogen-bond acceptors (Lipinski definition) is 3. The molecule has 0 unspecified atom stereocenters. The smallest absolute Gasteiger partial charge is 0.281 e. The van der Waals surface area contributed by atoms with E-state index in [2.05, 4.69) is 5.32 Å². The molecule has 2 aromatic rings.